The molecule has 0 saturated heterocycles. The number of aryl methyl sites for hydroxylation is 2. The average Bonchev–Trinajstić information content (AvgIpc) is 3.28. The smallest absolute Gasteiger partial charge is 0.130 e. The van der Waals surface area contributed by atoms with Gasteiger partial charge >= 0.3 is 0 Å². The Hall–Kier alpha value is -1.80. The molecular formula is C19H23NO. The molecule has 110 valence electrons. The van der Waals surface area contributed by atoms with Crippen LogP contribution in [-0.4, -0.2) is 6.04 Å². The molecule has 21 heavy (non-hydrogen) atoms. The van der Waals surface area contributed by atoms with Crippen molar-refractivity contribution in [3.63, 3.8) is 0 Å². The minimum atomic E-state index is 0.746. The first kappa shape index (κ1) is 14.2. The van der Waals surface area contributed by atoms with Gasteiger partial charge in [-0.25, -0.2) is 0 Å². The van der Waals surface area contributed by atoms with Gasteiger partial charge in [-0.2, -0.15) is 0 Å². The lowest BCUT2D eigenvalue weighted by Gasteiger charge is -2.13. The van der Waals surface area contributed by atoms with Crippen molar-refractivity contribution < 1.29 is 4.74 Å². The Morgan fingerprint density at radius 3 is 2.52 bits per heavy atom. The maximum Gasteiger partial charge on any atom is 0.130 e. The number of nitrogens with one attached hydrogen (secondary N) is 1. The summed E-state index contributed by atoms with van der Waals surface area (Å²) in [6.45, 7) is 7.28. The number of benzene rings is 2. The van der Waals surface area contributed by atoms with Crippen LogP contribution in [0.5, 0.6) is 11.5 Å². The summed E-state index contributed by atoms with van der Waals surface area (Å²) in [5.74, 6) is 1.89. The standard InChI is InChI=1S/C19H23NO/c1-13-5-4-6-19(15(13)3)21-18-10-7-16(11-14(18)2)12-20-17-8-9-17/h4-7,10-11,17,20H,8-9,12H2,1-3H3. The van der Waals surface area contributed by atoms with Crippen LogP contribution in [0, 0.1) is 20.8 Å². The fraction of sp³-hybridized carbons (Fsp3) is 0.368. The first-order valence-corrected chi connectivity index (χ1v) is 7.70. The monoisotopic (exact) mass is 281 g/mol. The molecule has 0 aromatic heterocycles. The quantitative estimate of drug-likeness (QED) is 0.861. The predicted octanol–water partition coefficient (Wildman–Crippen LogP) is 4.66. The molecule has 0 heterocycles. The lowest BCUT2D eigenvalue weighted by Crippen LogP contribution is -2.15. The molecule has 0 amide bonds. The van der Waals surface area contributed by atoms with Gasteiger partial charge < -0.3 is 10.1 Å². The molecule has 1 fully saturated rings. The third-order valence-electron chi connectivity index (χ3n) is 4.19. The van der Waals surface area contributed by atoms with Crippen LogP contribution in [0.1, 0.15) is 35.1 Å². The van der Waals surface area contributed by atoms with Gasteiger partial charge in [0.2, 0.25) is 0 Å². The van der Waals surface area contributed by atoms with Crippen molar-refractivity contribution in [2.45, 2.75) is 46.2 Å². The van der Waals surface area contributed by atoms with Gasteiger partial charge in [-0.15, -0.1) is 0 Å². The van der Waals surface area contributed by atoms with Crippen molar-refractivity contribution in [3.05, 3.63) is 58.7 Å². The minimum absolute atomic E-state index is 0.746. The fourth-order valence-electron chi connectivity index (χ4n) is 2.44. The zero-order chi connectivity index (χ0) is 14.8. The summed E-state index contributed by atoms with van der Waals surface area (Å²) < 4.78 is 6.09. The van der Waals surface area contributed by atoms with Crippen molar-refractivity contribution in [3.8, 4) is 11.5 Å². The maximum atomic E-state index is 6.09. The highest BCUT2D eigenvalue weighted by Crippen LogP contribution is 2.29. The van der Waals surface area contributed by atoms with E-state index >= 15 is 0 Å². The van der Waals surface area contributed by atoms with Crippen molar-refractivity contribution in [1.29, 1.82) is 0 Å². The Kier molecular flexibility index (Phi) is 3.98. The third-order valence-corrected chi connectivity index (χ3v) is 4.19. The third kappa shape index (κ3) is 3.45. The molecule has 0 aliphatic heterocycles. The van der Waals surface area contributed by atoms with E-state index in [1.165, 1.54) is 35.1 Å². The number of hydrogen-bond donors (Lipinski definition) is 1. The lowest BCUT2D eigenvalue weighted by atomic mass is 10.1. The Morgan fingerprint density at radius 2 is 1.81 bits per heavy atom. The van der Waals surface area contributed by atoms with Crippen molar-refractivity contribution in [1.82, 2.24) is 5.32 Å². The summed E-state index contributed by atoms with van der Waals surface area (Å²) in [5.41, 5.74) is 4.98. The fourth-order valence-corrected chi connectivity index (χ4v) is 2.44. The van der Waals surface area contributed by atoms with E-state index in [1.54, 1.807) is 0 Å². The van der Waals surface area contributed by atoms with Crippen molar-refractivity contribution in [2.75, 3.05) is 0 Å². The van der Waals surface area contributed by atoms with Crippen LogP contribution in [0.2, 0.25) is 0 Å². The van der Waals surface area contributed by atoms with E-state index in [2.05, 4.69) is 50.4 Å². The van der Waals surface area contributed by atoms with Crippen molar-refractivity contribution in [2.24, 2.45) is 0 Å². The Labute approximate surface area is 127 Å². The van der Waals surface area contributed by atoms with Crippen LogP contribution in [0.25, 0.3) is 0 Å². The molecule has 1 saturated carbocycles. The van der Waals surface area contributed by atoms with Gasteiger partial charge in [0.15, 0.2) is 0 Å². The van der Waals surface area contributed by atoms with E-state index in [0.717, 1.165) is 24.1 Å². The van der Waals surface area contributed by atoms with Crippen LogP contribution < -0.4 is 10.1 Å². The normalized spacial score (nSPS) is 14.2. The molecule has 1 aliphatic carbocycles. The molecule has 0 atom stereocenters. The Balaban J connectivity index is 1.74. The maximum absolute atomic E-state index is 6.09. The Bertz CT molecular complexity index is 644. The molecule has 2 nitrogen and oxygen atoms in total. The minimum Gasteiger partial charge on any atom is -0.457 e. The zero-order valence-corrected chi connectivity index (χ0v) is 13.1. The molecule has 2 aromatic rings. The van der Waals surface area contributed by atoms with Gasteiger partial charge in [0.1, 0.15) is 11.5 Å². The van der Waals surface area contributed by atoms with E-state index in [4.69, 9.17) is 4.74 Å². The van der Waals surface area contributed by atoms with Crippen LogP contribution in [0.4, 0.5) is 0 Å². The second-order valence-electron chi connectivity index (χ2n) is 6.06. The lowest BCUT2D eigenvalue weighted by molar-refractivity contribution is 0.474. The van der Waals surface area contributed by atoms with E-state index < -0.39 is 0 Å². The summed E-state index contributed by atoms with van der Waals surface area (Å²) in [6, 6.07) is 13.4. The average molecular weight is 281 g/mol. The second-order valence-corrected chi connectivity index (χ2v) is 6.06. The number of hydrogen-bond acceptors (Lipinski definition) is 2. The van der Waals surface area contributed by atoms with Gasteiger partial charge in [0, 0.05) is 12.6 Å². The molecule has 0 bridgehead atoms. The highest BCUT2D eigenvalue weighted by atomic mass is 16.5. The highest BCUT2D eigenvalue weighted by Gasteiger charge is 2.20. The molecular weight excluding hydrogens is 258 g/mol. The van der Waals surface area contributed by atoms with Crippen LogP contribution in [-0.2, 0) is 6.54 Å². The van der Waals surface area contributed by atoms with E-state index in [-0.39, 0.29) is 0 Å². The summed E-state index contributed by atoms with van der Waals surface area (Å²) in [7, 11) is 0. The van der Waals surface area contributed by atoms with Crippen LogP contribution in [0.3, 0.4) is 0 Å². The highest BCUT2D eigenvalue weighted by molar-refractivity contribution is 5.44. The molecule has 2 heteroatoms. The van der Waals surface area contributed by atoms with Gasteiger partial charge in [-0.1, -0.05) is 24.3 Å². The van der Waals surface area contributed by atoms with E-state index in [1.807, 2.05) is 12.1 Å². The van der Waals surface area contributed by atoms with Gasteiger partial charge in [0.05, 0.1) is 0 Å². The molecule has 1 aliphatic rings. The van der Waals surface area contributed by atoms with Crippen LogP contribution in [0.15, 0.2) is 36.4 Å². The van der Waals surface area contributed by atoms with Gasteiger partial charge in [0.25, 0.3) is 0 Å². The summed E-state index contributed by atoms with van der Waals surface area (Å²) in [4.78, 5) is 0. The second kappa shape index (κ2) is 5.90. The molecule has 2 aromatic carbocycles. The largest absolute Gasteiger partial charge is 0.457 e. The number of rotatable bonds is 5. The summed E-state index contributed by atoms with van der Waals surface area (Å²) in [5, 5.41) is 3.55. The van der Waals surface area contributed by atoms with E-state index in [0.29, 0.717) is 0 Å². The summed E-state index contributed by atoms with van der Waals surface area (Å²) in [6.07, 6.45) is 2.65. The molecule has 3 rings (SSSR count). The topological polar surface area (TPSA) is 21.3 Å². The SMILES string of the molecule is Cc1cc(CNC2CC2)ccc1Oc1cccc(C)c1C. The van der Waals surface area contributed by atoms with Crippen LogP contribution >= 0.6 is 0 Å². The first-order chi connectivity index (χ1) is 10.1. The molecule has 0 radical (unpaired) electrons. The zero-order valence-electron chi connectivity index (χ0n) is 13.1. The van der Waals surface area contributed by atoms with Crippen molar-refractivity contribution >= 4 is 0 Å². The predicted molar refractivity (Wildman–Crippen MR) is 87.0 cm³/mol. The van der Waals surface area contributed by atoms with Gasteiger partial charge in [-0.05, 0) is 68.0 Å². The first-order valence-electron chi connectivity index (χ1n) is 7.70. The summed E-state index contributed by atoms with van der Waals surface area (Å²) >= 11 is 0. The molecule has 0 spiro atoms. The Morgan fingerprint density at radius 1 is 1.00 bits per heavy atom. The van der Waals surface area contributed by atoms with Gasteiger partial charge in [-0.3, -0.25) is 0 Å². The van der Waals surface area contributed by atoms with E-state index in [9.17, 15) is 0 Å². The molecule has 1 N–H and O–H groups in total. The number of ether oxygens (including phenoxy) is 1. The molecule has 0 unspecified atom stereocenters.